The van der Waals surface area contributed by atoms with Gasteiger partial charge in [0.05, 0.1) is 11.6 Å². The van der Waals surface area contributed by atoms with Crippen LogP contribution in [0.2, 0.25) is 0 Å². The van der Waals surface area contributed by atoms with E-state index in [-0.39, 0.29) is 11.9 Å². The van der Waals surface area contributed by atoms with Gasteiger partial charge in [0.25, 0.3) is 5.91 Å². The first-order chi connectivity index (χ1) is 10.0. The Morgan fingerprint density at radius 1 is 1.14 bits per heavy atom. The molecule has 2 aromatic rings. The van der Waals surface area contributed by atoms with Crippen molar-refractivity contribution < 1.29 is 4.79 Å². The third-order valence-electron chi connectivity index (χ3n) is 3.46. The zero-order valence-corrected chi connectivity index (χ0v) is 13.8. The molecule has 0 fully saturated rings. The minimum Gasteiger partial charge on any atom is -0.382 e. The van der Waals surface area contributed by atoms with E-state index in [1.165, 1.54) is 4.88 Å². The number of nitrogens with one attached hydrogen (secondary N) is 1. The fraction of sp³-hybridized carbons (Fsp3) is 0.353. The molecule has 0 aliphatic rings. The summed E-state index contributed by atoms with van der Waals surface area (Å²) in [6, 6.07) is 12.1. The Balaban J connectivity index is 2.23. The highest BCUT2D eigenvalue weighted by atomic mass is 32.1. The maximum absolute atomic E-state index is 12.8. The Morgan fingerprint density at radius 2 is 1.86 bits per heavy atom. The van der Waals surface area contributed by atoms with Gasteiger partial charge in [0.2, 0.25) is 0 Å². The second-order valence-electron chi connectivity index (χ2n) is 5.45. The zero-order valence-electron chi connectivity index (χ0n) is 13.0. The second-order valence-corrected chi connectivity index (χ2v) is 6.43. The molecule has 0 saturated carbocycles. The summed E-state index contributed by atoms with van der Waals surface area (Å²) in [5.41, 5.74) is 1.61. The Morgan fingerprint density at radius 3 is 2.48 bits per heavy atom. The smallest absolute Gasteiger partial charge is 0.256 e. The number of thiophene rings is 1. The van der Waals surface area contributed by atoms with Crippen molar-refractivity contribution in [1.82, 2.24) is 4.90 Å². The molecule has 1 atom stereocenters. The highest BCUT2D eigenvalue weighted by molar-refractivity contribution is 7.10. The first-order valence-corrected chi connectivity index (χ1v) is 8.04. The number of anilines is 1. The van der Waals surface area contributed by atoms with Crippen LogP contribution >= 0.6 is 11.3 Å². The number of carbonyl (C=O) groups excluding carboxylic acids is 1. The Kier molecular flexibility index (Phi) is 5.02. The lowest BCUT2D eigenvalue weighted by Crippen LogP contribution is -2.30. The maximum Gasteiger partial charge on any atom is 0.256 e. The zero-order chi connectivity index (χ0) is 15.4. The molecular formula is C17H22N2OS. The molecule has 0 bridgehead atoms. The minimum atomic E-state index is 0.0413. The summed E-state index contributed by atoms with van der Waals surface area (Å²) in [4.78, 5) is 15.8. The van der Waals surface area contributed by atoms with Crippen LogP contribution in [0.15, 0.2) is 41.8 Å². The average Bonchev–Trinajstić information content (AvgIpc) is 2.99. The van der Waals surface area contributed by atoms with Crippen LogP contribution in [0.3, 0.4) is 0 Å². The van der Waals surface area contributed by atoms with Crippen molar-refractivity contribution in [2.75, 3.05) is 12.4 Å². The molecule has 0 spiro atoms. The molecule has 112 valence electrons. The van der Waals surface area contributed by atoms with Gasteiger partial charge in [-0.05, 0) is 44.4 Å². The van der Waals surface area contributed by atoms with Crippen LogP contribution in [0.4, 0.5) is 5.69 Å². The lowest BCUT2D eigenvalue weighted by Gasteiger charge is -2.25. The standard InChI is InChI=1S/C17H22N2OS/c1-12(2)18-15-9-6-5-8-14(15)17(20)19(4)13(3)16-10-7-11-21-16/h5-13,18H,1-4H3. The summed E-state index contributed by atoms with van der Waals surface area (Å²) in [5, 5.41) is 5.38. The van der Waals surface area contributed by atoms with Crippen molar-refractivity contribution in [3.8, 4) is 0 Å². The van der Waals surface area contributed by atoms with Crippen LogP contribution in [-0.4, -0.2) is 23.9 Å². The molecular weight excluding hydrogens is 280 g/mol. The molecule has 2 rings (SSSR count). The molecule has 1 aromatic heterocycles. The van der Waals surface area contributed by atoms with E-state index in [1.807, 2.05) is 42.8 Å². The summed E-state index contributed by atoms with van der Waals surface area (Å²) in [6.07, 6.45) is 0. The molecule has 0 radical (unpaired) electrons. The third-order valence-corrected chi connectivity index (χ3v) is 4.50. The van der Waals surface area contributed by atoms with E-state index in [9.17, 15) is 4.79 Å². The topological polar surface area (TPSA) is 32.3 Å². The predicted octanol–water partition coefficient (Wildman–Crippen LogP) is 4.40. The van der Waals surface area contributed by atoms with E-state index >= 15 is 0 Å². The van der Waals surface area contributed by atoms with Crippen molar-refractivity contribution in [2.24, 2.45) is 0 Å². The first kappa shape index (κ1) is 15.6. The molecule has 3 nitrogen and oxygen atoms in total. The van der Waals surface area contributed by atoms with E-state index in [0.717, 1.165) is 11.3 Å². The van der Waals surface area contributed by atoms with Crippen molar-refractivity contribution in [3.63, 3.8) is 0 Å². The van der Waals surface area contributed by atoms with Gasteiger partial charge in [0.15, 0.2) is 0 Å². The fourth-order valence-electron chi connectivity index (χ4n) is 2.19. The summed E-state index contributed by atoms with van der Waals surface area (Å²) in [5.74, 6) is 0.0413. The van der Waals surface area contributed by atoms with E-state index in [0.29, 0.717) is 6.04 Å². The van der Waals surface area contributed by atoms with Crippen LogP contribution in [0.5, 0.6) is 0 Å². The van der Waals surface area contributed by atoms with Crippen molar-refractivity contribution in [3.05, 3.63) is 52.2 Å². The van der Waals surface area contributed by atoms with Crippen LogP contribution in [-0.2, 0) is 0 Å². The summed E-state index contributed by atoms with van der Waals surface area (Å²) < 4.78 is 0. The SMILES string of the molecule is CC(C)Nc1ccccc1C(=O)N(C)C(C)c1cccs1. The molecule has 21 heavy (non-hydrogen) atoms. The maximum atomic E-state index is 12.8. The van der Waals surface area contributed by atoms with Gasteiger partial charge < -0.3 is 10.2 Å². The van der Waals surface area contributed by atoms with Crippen molar-refractivity contribution >= 4 is 22.9 Å². The number of nitrogens with zero attached hydrogens (tertiary/aromatic N) is 1. The van der Waals surface area contributed by atoms with Crippen LogP contribution in [0.25, 0.3) is 0 Å². The number of amides is 1. The largest absolute Gasteiger partial charge is 0.382 e. The molecule has 1 heterocycles. The molecule has 4 heteroatoms. The van der Waals surface area contributed by atoms with Gasteiger partial charge in [-0.1, -0.05) is 18.2 Å². The Bertz CT molecular complexity index is 593. The number of hydrogen-bond donors (Lipinski definition) is 1. The highest BCUT2D eigenvalue weighted by Gasteiger charge is 2.21. The van der Waals surface area contributed by atoms with Gasteiger partial charge in [0, 0.05) is 23.7 Å². The normalized spacial score (nSPS) is 12.2. The van der Waals surface area contributed by atoms with Gasteiger partial charge >= 0.3 is 0 Å². The van der Waals surface area contributed by atoms with Gasteiger partial charge in [-0.15, -0.1) is 11.3 Å². The number of benzene rings is 1. The van der Waals surface area contributed by atoms with Gasteiger partial charge in [-0.2, -0.15) is 0 Å². The van der Waals surface area contributed by atoms with E-state index < -0.39 is 0 Å². The van der Waals surface area contributed by atoms with E-state index in [2.05, 4.69) is 32.2 Å². The van der Waals surface area contributed by atoms with E-state index in [1.54, 1.807) is 16.2 Å². The number of hydrogen-bond acceptors (Lipinski definition) is 3. The molecule has 1 aromatic carbocycles. The van der Waals surface area contributed by atoms with Crippen molar-refractivity contribution in [2.45, 2.75) is 32.9 Å². The van der Waals surface area contributed by atoms with Crippen LogP contribution < -0.4 is 5.32 Å². The van der Waals surface area contributed by atoms with Crippen LogP contribution in [0.1, 0.15) is 42.0 Å². The van der Waals surface area contributed by atoms with Gasteiger partial charge in [-0.25, -0.2) is 0 Å². The van der Waals surface area contributed by atoms with Crippen LogP contribution in [0, 0.1) is 0 Å². The average molecular weight is 302 g/mol. The number of para-hydroxylation sites is 1. The Labute approximate surface area is 130 Å². The predicted molar refractivity (Wildman–Crippen MR) is 90.0 cm³/mol. The van der Waals surface area contributed by atoms with Gasteiger partial charge in [-0.3, -0.25) is 4.79 Å². The van der Waals surface area contributed by atoms with E-state index in [4.69, 9.17) is 0 Å². The molecule has 0 aliphatic carbocycles. The summed E-state index contributed by atoms with van der Waals surface area (Å²) >= 11 is 1.68. The molecule has 0 saturated heterocycles. The first-order valence-electron chi connectivity index (χ1n) is 7.17. The molecule has 0 aliphatic heterocycles. The monoisotopic (exact) mass is 302 g/mol. The fourth-order valence-corrected chi connectivity index (χ4v) is 3.02. The molecule has 1 unspecified atom stereocenters. The highest BCUT2D eigenvalue weighted by Crippen LogP contribution is 2.26. The van der Waals surface area contributed by atoms with Gasteiger partial charge in [0.1, 0.15) is 0 Å². The lowest BCUT2D eigenvalue weighted by molar-refractivity contribution is 0.0746. The second kappa shape index (κ2) is 6.76. The van der Waals surface area contributed by atoms with Crippen molar-refractivity contribution in [1.29, 1.82) is 0 Å². The Hall–Kier alpha value is -1.81. The molecule has 1 amide bonds. The number of carbonyl (C=O) groups is 1. The third kappa shape index (κ3) is 3.64. The lowest BCUT2D eigenvalue weighted by atomic mass is 10.1. The minimum absolute atomic E-state index is 0.0413. The summed E-state index contributed by atoms with van der Waals surface area (Å²) in [6.45, 7) is 6.20. The molecule has 1 N–H and O–H groups in total. The quantitative estimate of drug-likeness (QED) is 0.887. The summed E-state index contributed by atoms with van der Waals surface area (Å²) in [7, 11) is 1.86. The number of rotatable bonds is 5.